The van der Waals surface area contributed by atoms with Crippen LogP contribution in [0.4, 0.5) is 13.2 Å². The van der Waals surface area contributed by atoms with Gasteiger partial charge in [0.25, 0.3) is 0 Å². The molecule has 0 aliphatic heterocycles. The van der Waals surface area contributed by atoms with Crippen LogP contribution in [0.1, 0.15) is 27.7 Å². The Labute approximate surface area is 128 Å². The fraction of sp³-hybridized carbons (Fsp3) is 0.750. The summed E-state index contributed by atoms with van der Waals surface area (Å²) in [5, 5.41) is 0. The molecule has 0 rings (SSSR count). The van der Waals surface area contributed by atoms with Crippen LogP contribution in [0.25, 0.3) is 0 Å². The molecule has 0 aromatic heterocycles. The third kappa shape index (κ3) is 8.35. The zero-order valence-electron chi connectivity index (χ0n) is 13.1. The molecule has 0 unspecified atom stereocenters. The second kappa shape index (κ2) is 9.11. The van der Waals surface area contributed by atoms with Crippen molar-refractivity contribution in [3.63, 3.8) is 0 Å². The highest BCUT2D eigenvalue weighted by Crippen LogP contribution is 2.20. The number of hydrogen-bond acceptors (Lipinski definition) is 5. The Morgan fingerprint density at radius 3 is 1.68 bits per heavy atom. The van der Waals surface area contributed by atoms with Crippen LogP contribution in [-0.2, 0) is 19.6 Å². The zero-order valence-corrected chi connectivity index (χ0v) is 13.9. The van der Waals surface area contributed by atoms with E-state index in [9.17, 15) is 18.0 Å². The number of esters is 1. The molecule has 0 atom stereocenters. The molecule has 0 spiro atoms. The Morgan fingerprint density at radius 2 is 1.50 bits per heavy atom. The summed E-state index contributed by atoms with van der Waals surface area (Å²) in [5.74, 6) is -0.289. The van der Waals surface area contributed by atoms with Crippen LogP contribution >= 0.6 is 0 Å². The third-order valence-electron chi connectivity index (χ3n) is 3.11. The molecular formula is C12H22F3NO5S. The molecule has 0 amide bonds. The van der Waals surface area contributed by atoms with Gasteiger partial charge < -0.3 is 9.29 Å². The molecule has 0 aliphatic rings. The average Bonchev–Trinajstić information content (AvgIpc) is 2.39. The van der Waals surface area contributed by atoms with Crippen molar-refractivity contribution in [2.24, 2.45) is 0 Å². The van der Waals surface area contributed by atoms with Crippen LogP contribution < -0.4 is 0 Å². The first-order chi connectivity index (χ1) is 9.76. The highest BCUT2D eigenvalue weighted by molar-refractivity contribution is 7.86. The molecule has 0 aromatic rings. The van der Waals surface area contributed by atoms with E-state index in [0.29, 0.717) is 12.3 Å². The summed E-state index contributed by atoms with van der Waals surface area (Å²) in [4.78, 5) is 11.2. The van der Waals surface area contributed by atoms with E-state index in [0.717, 1.165) is 24.1 Å². The van der Waals surface area contributed by atoms with Gasteiger partial charge in [-0.05, 0) is 27.7 Å². The molecule has 0 aliphatic carbocycles. The van der Waals surface area contributed by atoms with E-state index < -0.39 is 15.6 Å². The number of quaternary nitrogens is 1. The van der Waals surface area contributed by atoms with Gasteiger partial charge in [0.2, 0.25) is 6.73 Å². The van der Waals surface area contributed by atoms with E-state index in [1.807, 2.05) is 0 Å². The quantitative estimate of drug-likeness (QED) is 0.183. The van der Waals surface area contributed by atoms with Crippen molar-refractivity contribution in [1.29, 1.82) is 0 Å². The molecule has 0 radical (unpaired) electrons. The summed E-state index contributed by atoms with van der Waals surface area (Å²) >= 11 is 0. The first-order valence-electron chi connectivity index (χ1n) is 6.46. The Balaban J connectivity index is 0. The van der Waals surface area contributed by atoms with Crippen molar-refractivity contribution < 1.29 is 40.2 Å². The van der Waals surface area contributed by atoms with Crippen LogP contribution in [-0.4, -0.2) is 55.3 Å². The Bertz CT molecular complexity index is 461. The maximum absolute atomic E-state index is 11.2. The normalized spacial score (nSPS) is 12.2. The van der Waals surface area contributed by atoms with Gasteiger partial charge in [0.05, 0.1) is 19.6 Å². The Hall–Kier alpha value is -1.13. The summed E-state index contributed by atoms with van der Waals surface area (Å²) < 4.78 is 64.9. The molecule has 132 valence electrons. The fourth-order valence-corrected chi connectivity index (χ4v) is 1.26. The molecule has 0 bridgehead atoms. The molecule has 0 aromatic carbocycles. The molecule has 0 heterocycles. The van der Waals surface area contributed by atoms with Crippen LogP contribution in [0, 0.1) is 0 Å². The maximum atomic E-state index is 11.2. The predicted molar refractivity (Wildman–Crippen MR) is 73.4 cm³/mol. The van der Waals surface area contributed by atoms with Crippen molar-refractivity contribution in [3.05, 3.63) is 12.2 Å². The highest BCUT2D eigenvalue weighted by Gasteiger charge is 2.36. The lowest BCUT2D eigenvalue weighted by Gasteiger charge is -2.34. The van der Waals surface area contributed by atoms with E-state index in [4.69, 9.17) is 17.7 Å². The number of nitrogens with zero attached hydrogens (tertiary/aromatic N) is 1. The molecule has 22 heavy (non-hydrogen) atoms. The number of halogens is 3. The Morgan fingerprint density at radius 1 is 1.18 bits per heavy atom. The zero-order chi connectivity index (χ0) is 18.2. The van der Waals surface area contributed by atoms with Crippen molar-refractivity contribution in [2.45, 2.75) is 33.2 Å². The molecule has 0 saturated heterocycles. The van der Waals surface area contributed by atoms with Gasteiger partial charge in [0, 0.05) is 5.57 Å². The monoisotopic (exact) mass is 349 g/mol. The molecule has 10 heteroatoms. The second-order valence-electron chi connectivity index (χ2n) is 4.53. The number of alkyl halides is 3. The summed E-state index contributed by atoms with van der Waals surface area (Å²) in [7, 11) is -6.09. The van der Waals surface area contributed by atoms with Crippen LogP contribution in [0.15, 0.2) is 12.2 Å². The minimum Gasteiger partial charge on any atom is -0.741 e. The number of hydrogen-bond donors (Lipinski definition) is 0. The summed E-state index contributed by atoms with van der Waals surface area (Å²) in [5.41, 5.74) is -5.18. The number of carbonyl (C=O) groups excluding carboxylic acids is 1. The highest BCUT2D eigenvalue weighted by atomic mass is 32.2. The van der Waals surface area contributed by atoms with Crippen molar-refractivity contribution in [2.75, 3.05) is 26.4 Å². The summed E-state index contributed by atoms with van der Waals surface area (Å²) in [6.45, 7) is 15.0. The van der Waals surface area contributed by atoms with Crippen LogP contribution in [0.2, 0.25) is 0 Å². The SMILES string of the molecule is C=C(C)C(=O)OC[N+](CC)(CC)CC.O=S(=O)([O-])C(F)(F)F. The van der Waals surface area contributed by atoms with Gasteiger partial charge >= 0.3 is 11.5 Å². The van der Waals surface area contributed by atoms with Crippen LogP contribution in [0.3, 0.4) is 0 Å². The lowest BCUT2D eigenvalue weighted by atomic mass is 10.3. The second-order valence-corrected chi connectivity index (χ2v) is 5.90. The fourth-order valence-electron chi connectivity index (χ4n) is 1.26. The first kappa shape index (κ1) is 23.1. The molecule has 0 saturated carbocycles. The standard InChI is InChI=1S/C11H22NO2.CHF3O3S/c1-6-12(7-2,8-3)9-14-11(13)10(4)5;2-1(3,4)8(5,6)7/h4,6-9H2,1-3,5H3;(H,5,6,7)/q+1;/p-1. The van der Waals surface area contributed by atoms with Gasteiger partial charge in [-0.15, -0.1) is 0 Å². The van der Waals surface area contributed by atoms with Gasteiger partial charge in [-0.2, -0.15) is 13.2 Å². The number of carbonyl (C=O) groups is 1. The molecule has 0 N–H and O–H groups in total. The topological polar surface area (TPSA) is 83.5 Å². The minimum atomic E-state index is -6.09. The lowest BCUT2D eigenvalue weighted by molar-refractivity contribution is -0.938. The smallest absolute Gasteiger partial charge is 0.485 e. The number of ether oxygens (including phenoxy) is 1. The van der Waals surface area contributed by atoms with Gasteiger partial charge in [-0.25, -0.2) is 13.2 Å². The van der Waals surface area contributed by atoms with E-state index in [1.165, 1.54) is 0 Å². The van der Waals surface area contributed by atoms with Crippen molar-refractivity contribution >= 4 is 16.1 Å². The molecule has 6 nitrogen and oxygen atoms in total. The van der Waals surface area contributed by atoms with Crippen molar-refractivity contribution in [3.8, 4) is 0 Å². The first-order valence-corrected chi connectivity index (χ1v) is 7.87. The van der Waals surface area contributed by atoms with E-state index in [-0.39, 0.29) is 5.97 Å². The summed E-state index contributed by atoms with van der Waals surface area (Å²) in [6, 6.07) is 0. The largest absolute Gasteiger partial charge is 0.741 e. The van der Waals surface area contributed by atoms with Gasteiger partial charge in [0.1, 0.15) is 0 Å². The van der Waals surface area contributed by atoms with Gasteiger partial charge in [0.15, 0.2) is 10.1 Å². The van der Waals surface area contributed by atoms with E-state index in [1.54, 1.807) is 6.92 Å². The maximum Gasteiger partial charge on any atom is 0.485 e. The summed E-state index contributed by atoms with van der Waals surface area (Å²) in [6.07, 6.45) is 0. The van der Waals surface area contributed by atoms with E-state index in [2.05, 4.69) is 27.4 Å². The molecular weight excluding hydrogens is 327 g/mol. The average molecular weight is 349 g/mol. The van der Waals surface area contributed by atoms with E-state index >= 15 is 0 Å². The van der Waals surface area contributed by atoms with Crippen molar-refractivity contribution in [1.82, 2.24) is 0 Å². The van der Waals surface area contributed by atoms with Gasteiger partial charge in [-0.1, -0.05) is 6.58 Å². The van der Waals surface area contributed by atoms with Gasteiger partial charge in [-0.3, -0.25) is 4.48 Å². The predicted octanol–water partition coefficient (Wildman–Crippen LogP) is 1.99. The third-order valence-corrected chi connectivity index (χ3v) is 3.68. The number of rotatable bonds is 6. The lowest BCUT2D eigenvalue weighted by Crippen LogP contribution is -2.49. The Kier molecular flexibility index (Phi) is 9.58. The van der Waals surface area contributed by atoms with Crippen LogP contribution in [0.5, 0.6) is 0 Å². The molecule has 0 fully saturated rings. The minimum absolute atomic E-state index is 0.289.